The number of nitro groups is 1. The minimum Gasteiger partial charge on any atom is -0.358 e. The van der Waals surface area contributed by atoms with Crippen LogP contribution in [-0.2, 0) is 13.0 Å². The lowest BCUT2D eigenvalue weighted by Gasteiger charge is -1.88. The number of aryl methyl sites for hydroxylation is 1. The maximum atomic E-state index is 10.6. The molecule has 2 rings (SSSR count). The molecule has 0 fully saturated rings. The molecule has 0 aromatic carbocycles. The van der Waals surface area contributed by atoms with Crippen LogP contribution >= 0.6 is 15.9 Å². The van der Waals surface area contributed by atoms with Crippen molar-refractivity contribution in [1.82, 2.24) is 19.9 Å². The Morgan fingerprint density at radius 3 is 2.94 bits per heavy atom. The molecule has 8 nitrogen and oxygen atoms in total. The van der Waals surface area contributed by atoms with E-state index in [1.165, 1.54) is 10.9 Å². The zero-order valence-electron chi connectivity index (χ0n) is 8.83. The predicted molar refractivity (Wildman–Crippen MR) is 59.4 cm³/mol. The summed E-state index contributed by atoms with van der Waals surface area (Å²) in [7, 11) is 0. The molecule has 0 saturated carbocycles. The van der Waals surface area contributed by atoms with Crippen LogP contribution in [0.5, 0.6) is 0 Å². The Kier molecular flexibility index (Phi) is 3.18. The van der Waals surface area contributed by atoms with Crippen LogP contribution in [0.25, 0.3) is 0 Å². The quantitative estimate of drug-likeness (QED) is 0.627. The van der Waals surface area contributed by atoms with Crippen molar-refractivity contribution in [3.8, 4) is 0 Å². The molecule has 0 aliphatic heterocycles. The van der Waals surface area contributed by atoms with Crippen LogP contribution < -0.4 is 0 Å². The van der Waals surface area contributed by atoms with E-state index in [-0.39, 0.29) is 12.4 Å². The predicted octanol–water partition coefficient (Wildman–Crippen LogP) is 1.55. The van der Waals surface area contributed by atoms with Gasteiger partial charge in [0.2, 0.25) is 5.89 Å². The summed E-state index contributed by atoms with van der Waals surface area (Å²) in [4.78, 5) is 14.1. The molecule has 0 N–H and O–H groups in total. The molecule has 17 heavy (non-hydrogen) atoms. The summed E-state index contributed by atoms with van der Waals surface area (Å²) in [6.45, 7) is 2.11. The third kappa shape index (κ3) is 2.49. The fourth-order valence-electron chi connectivity index (χ4n) is 1.23. The van der Waals surface area contributed by atoms with Gasteiger partial charge < -0.3 is 14.6 Å². The van der Waals surface area contributed by atoms with Crippen molar-refractivity contribution in [3.63, 3.8) is 0 Å². The van der Waals surface area contributed by atoms with Gasteiger partial charge in [-0.05, 0) is 20.9 Å². The van der Waals surface area contributed by atoms with Gasteiger partial charge in [0.15, 0.2) is 5.82 Å². The highest BCUT2D eigenvalue weighted by atomic mass is 79.9. The van der Waals surface area contributed by atoms with E-state index in [1.807, 2.05) is 6.92 Å². The molecule has 0 aliphatic rings. The molecular formula is C8H8BrN5O3. The van der Waals surface area contributed by atoms with Gasteiger partial charge in [0.05, 0.1) is 11.3 Å². The summed E-state index contributed by atoms with van der Waals surface area (Å²) in [5.74, 6) is 0.729. The Morgan fingerprint density at radius 1 is 1.65 bits per heavy atom. The van der Waals surface area contributed by atoms with Gasteiger partial charge in [-0.2, -0.15) is 9.67 Å². The van der Waals surface area contributed by atoms with E-state index in [4.69, 9.17) is 4.52 Å². The number of hydrogen-bond acceptors (Lipinski definition) is 6. The van der Waals surface area contributed by atoms with Crippen molar-refractivity contribution in [2.45, 2.75) is 19.9 Å². The van der Waals surface area contributed by atoms with E-state index in [1.54, 1.807) is 0 Å². The SMILES string of the molecule is CCc1noc(Cn2cc(Br)c([N+](=O)[O-])n2)n1. The fraction of sp³-hybridized carbons (Fsp3) is 0.375. The van der Waals surface area contributed by atoms with Crippen LogP contribution in [0.4, 0.5) is 5.82 Å². The number of halogens is 1. The van der Waals surface area contributed by atoms with Crippen molar-refractivity contribution < 1.29 is 9.45 Å². The van der Waals surface area contributed by atoms with Crippen LogP contribution in [-0.4, -0.2) is 24.8 Å². The first-order valence-electron chi connectivity index (χ1n) is 4.79. The molecule has 0 saturated heterocycles. The summed E-state index contributed by atoms with van der Waals surface area (Å²) < 4.78 is 6.65. The van der Waals surface area contributed by atoms with Crippen LogP contribution in [0.1, 0.15) is 18.6 Å². The second kappa shape index (κ2) is 4.62. The number of rotatable bonds is 4. The van der Waals surface area contributed by atoms with Crippen molar-refractivity contribution in [2.75, 3.05) is 0 Å². The molecule has 0 aliphatic carbocycles. The second-order valence-electron chi connectivity index (χ2n) is 3.21. The summed E-state index contributed by atoms with van der Waals surface area (Å²) in [6.07, 6.45) is 2.17. The Bertz CT molecular complexity index is 549. The molecule has 9 heteroatoms. The monoisotopic (exact) mass is 301 g/mol. The van der Waals surface area contributed by atoms with E-state index >= 15 is 0 Å². The molecule has 0 bridgehead atoms. The van der Waals surface area contributed by atoms with Crippen LogP contribution in [0.2, 0.25) is 0 Å². The number of aromatic nitrogens is 4. The van der Waals surface area contributed by atoms with E-state index in [2.05, 4.69) is 31.2 Å². The Morgan fingerprint density at radius 2 is 2.41 bits per heavy atom. The lowest BCUT2D eigenvalue weighted by molar-refractivity contribution is -0.390. The average molecular weight is 302 g/mol. The van der Waals surface area contributed by atoms with Crippen LogP contribution in [0.15, 0.2) is 15.2 Å². The van der Waals surface area contributed by atoms with Gasteiger partial charge in [0.25, 0.3) is 0 Å². The maximum Gasteiger partial charge on any atom is 0.404 e. The first-order chi connectivity index (χ1) is 8.10. The normalized spacial score (nSPS) is 10.7. The van der Waals surface area contributed by atoms with Crippen LogP contribution in [0, 0.1) is 10.1 Å². The molecular weight excluding hydrogens is 294 g/mol. The standard InChI is InChI=1S/C8H8BrN5O3/c1-2-6-10-7(17-12-6)4-13-3-5(9)8(11-13)14(15)16/h3H,2,4H2,1H3. The Hall–Kier alpha value is -1.77. The Balaban J connectivity index is 2.18. The van der Waals surface area contributed by atoms with Crippen molar-refractivity contribution in [3.05, 3.63) is 32.5 Å². The van der Waals surface area contributed by atoms with E-state index in [9.17, 15) is 10.1 Å². The first-order valence-corrected chi connectivity index (χ1v) is 5.58. The van der Waals surface area contributed by atoms with Crippen molar-refractivity contribution in [1.29, 1.82) is 0 Å². The summed E-state index contributed by atoms with van der Waals surface area (Å²) in [6, 6.07) is 0. The zero-order valence-corrected chi connectivity index (χ0v) is 10.4. The fourth-order valence-corrected chi connectivity index (χ4v) is 1.69. The van der Waals surface area contributed by atoms with Gasteiger partial charge in [0, 0.05) is 6.42 Å². The molecule has 0 radical (unpaired) electrons. The summed E-state index contributed by atoms with van der Waals surface area (Å²) in [5, 5.41) is 18.1. The lowest BCUT2D eigenvalue weighted by Crippen LogP contribution is -2.01. The molecule has 2 heterocycles. The smallest absolute Gasteiger partial charge is 0.358 e. The van der Waals surface area contributed by atoms with Crippen molar-refractivity contribution >= 4 is 21.7 Å². The molecule has 0 amide bonds. The molecule has 0 unspecified atom stereocenters. The second-order valence-corrected chi connectivity index (χ2v) is 4.07. The van der Waals surface area contributed by atoms with Crippen LogP contribution in [0.3, 0.4) is 0 Å². The average Bonchev–Trinajstić information content (AvgIpc) is 2.85. The maximum absolute atomic E-state index is 10.6. The Labute approximate surface area is 104 Å². The largest absolute Gasteiger partial charge is 0.404 e. The first kappa shape index (κ1) is 11.7. The zero-order chi connectivity index (χ0) is 12.4. The third-order valence-electron chi connectivity index (χ3n) is 2.00. The molecule has 2 aromatic heterocycles. The highest BCUT2D eigenvalue weighted by Crippen LogP contribution is 2.22. The summed E-state index contributed by atoms with van der Waals surface area (Å²) in [5.41, 5.74) is 0. The molecule has 90 valence electrons. The van der Waals surface area contributed by atoms with E-state index in [0.29, 0.717) is 22.6 Å². The topological polar surface area (TPSA) is 99.9 Å². The highest BCUT2D eigenvalue weighted by molar-refractivity contribution is 9.10. The molecule has 0 spiro atoms. The van der Waals surface area contributed by atoms with Gasteiger partial charge >= 0.3 is 5.82 Å². The van der Waals surface area contributed by atoms with Gasteiger partial charge in [0.1, 0.15) is 11.0 Å². The highest BCUT2D eigenvalue weighted by Gasteiger charge is 2.19. The third-order valence-corrected chi connectivity index (χ3v) is 2.56. The van der Waals surface area contributed by atoms with E-state index in [0.717, 1.165) is 0 Å². The lowest BCUT2D eigenvalue weighted by atomic mass is 10.5. The number of hydrogen-bond donors (Lipinski definition) is 0. The molecule has 0 atom stereocenters. The van der Waals surface area contributed by atoms with E-state index < -0.39 is 4.92 Å². The van der Waals surface area contributed by atoms with Crippen molar-refractivity contribution in [2.24, 2.45) is 0 Å². The number of nitrogens with zero attached hydrogens (tertiary/aromatic N) is 5. The van der Waals surface area contributed by atoms with Gasteiger partial charge in [-0.1, -0.05) is 12.1 Å². The van der Waals surface area contributed by atoms with Gasteiger partial charge in [-0.15, -0.1) is 0 Å². The molecule has 2 aromatic rings. The minimum absolute atomic E-state index is 0.208. The minimum atomic E-state index is -0.564. The van der Waals surface area contributed by atoms with Gasteiger partial charge in [-0.3, -0.25) is 0 Å². The summed E-state index contributed by atoms with van der Waals surface area (Å²) >= 11 is 3.06. The van der Waals surface area contributed by atoms with Gasteiger partial charge in [-0.25, -0.2) is 0 Å².